The van der Waals surface area contributed by atoms with Crippen LogP contribution in [0.2, 0.25) is 0 Å². The van der Waals surface area contributed by atoms with E-state index in [9.17, 15) is 0 Å². The number of allylic oxidation sites excluding steroid dienone is 1. The van der Waals surface area contributed by atoms with Crippen LogP contribution in [0.1, 0.15) is 25.0 Å². The standard InChI is InChI=1S/C22H19N.H2/c1-15(2)11-19-9-10-20(12-16(19)3)21-6-4-5-18-8-7-17(14-23)13-22(18)21;/h4-10,12-13H,1,11H2,2-3H3;1H. The van der Waals surface area contributed by atoms with Gasteiger partial charge in [0.2, 0.25) is 0 Å². The van der Waals surface area contributed by atoms with Crippen molar-refractivity contribution in [3.05, 3.63) is 83.4 Å². The van der Waals surface area contributed by atoms with Crippen LogP contribution < -0.4 is 0 Å². The molecule has 3 aromatic rings. The lowest BCUT2D eigenvalue weighted by molar-refractivity contribution is 1.13. The summed E-state index contributed by atoms with van der Waals surface area (Å²) in [6.45, 7) is 8.20. The molecule has 23 heavy (non-hydrogen) atoms. The number of nitrogens with zero attached hydrogens (tertiary/aromatic N) is 1. The van der Waals surface area contributed by atoms with Crippen molar-refractivity contribution in [2.24, 2.45) is 0 Å². The Morgan fingerprint density at radius 3 is 2.65 bits per heavy atom. The molecule has 0 saturated heterocycles. The Balaban J connectivity index is 0.00000208. The van der Waals surface area contributed by atoms with E-state index < -0.39 is 0 Å². The molecule has 0 atom stereocenters. The molecule has 3 aromatic carbocycles. The Bertz CT molecular complexity index is 948. The average molecular weight is 299 g/mol. The summed E-state index contributed by atoms with van der Waals surface area (Å²) in [5.41, 5.74) is 6.82. The molecule has 0 saturated carbocycles. The van der Waals surface area contributed by atoms with Gasteiger partial charge in [0.05, 0.1) is 11.6 Å². The lowest BCUT2D eigenvalue weighted by atomic mass is 9.93. The van der Waals surface area contributed by atoms with Crippen LogP contribution in [0.4, 0.5) is 0 Å². The van der Waals surface area contributed by atoms with Gasteiger partial charge in [-0.1, -0.05) is 54.6 Å². The van der Waals surface area contributed by atoms with Crippen molar-refractivity contribution >= 4 is 10.8 Å². The molecule has 0 N–H and O–H groups in total. The van der Waals surface area contributed by atoms with Gasteiger partial charge in [0.15, 0.2) is 0 Å². The zero-order valence-corrected chi connectivity index (χ0v) is 13.6. The highest BCUT2D eigenvalue weighted by atomic mass is 14.2. The summed E-state index contributed by atoms with van der Waals surface area (Å²) in [6.07, 6.45) is 0.917. The summed E-state index contributed by atoms with van der Waals surface area (Å²) in [5, 5.41) is 11.4. The fraction of sp³-hybridized carbons (Fsp3) is 0.136. The van der Waals surface area contributed by atoms with Crippen molar-refractivity contribution < 1.29 is 1.43 Å². The minimum absolute atomic E-state index is 0. The molecular weight excluding hydrogens is 278 g/mol. The lowest BCUT2D eigenvalue weighted by Crippen LogP contribution is -1.91. The van der Waals surface area contributed by atoms with Gasteiger partial charge in [-0.25, -0.2) is 0 Å². The van der Waals surface area contributed by atoms with E-state index in [0.29, 0.717) is 5.56 Å². The fourth-order valence-corrected chi connectivity index (χ4v) is 2.98. The third-order valence-electron chi connectivity index (χ3n) is 4.16. The van der Waals surface area contributed by atoms with Gasteiger partial charge in [0, 0.05) is 1.43 Å². The molecule has 1 nitrogen and oxygen atoms in total. The Morgan fingerprint density at radius 1 is 1.13 bits per heavy atom. The summed E-state index contributed by atoms with van der Waals surface area (Å²) >= 11 is 0. The molecule has 0 aliphatic rings. The van der Waals surface area contributed by atoms with E-state index in [4.69, 9.17) is 5.26 Å². The van der Waals surface area contributed by atoms with Crippen molar-refractivity contribution in [3.63, 3.8) is 0 Å². The lowest BCUT2D eigenvalue weighted by Gasteiger charge is -2.11. The summed E-state index contributed by atoms with van der Waals surface area (Å²) < 4.78 is 0. The van der Waals surface area contributed by atoms with E-state index in [1.54, 1.807) is 0 Å². The molecule has 0 radical (unpaired) electrons. The third kappa shape index (κ3) is 3.03. The number of nitriles is 1. The van der Waals surface area contributed by atoms with Crippen LogP contribution in [-0.2, 0) is 6.42 Å². The van der Waals surface area contributed by atoms with Crippen LogP contribution in [0.25, 0.3) is 21.9 Å². The van der Waals surface area contributed by atoms with E-state index >= 15 is 0 Å². The summed E-state index contributed by atoms with van der Waals surface area (Å²) in [5.74, 6) is 0. The number of hydrogen-bond donors (Lipinski definition) is 0. The molecule has 0 aliphatic carbocycles. The van der Waals surface area contributed by atoms with Crippen LogP contribution in [0.15, 0.2) is 66.7 Å². The number of hydrogen-bond acceptors (Lipinski definition) is 1. The highest BCUT2D eigenvalue weighted by Gasteiger charge is 2.07. The first-order chi connectivity index (χ1) is 11.1. The van der Waals surface area contributed by atoms with E-state index in [1.165, 1.54) is 27.8 Å². The van der Waals surface area contributed by atoms with Crippen LogP contribution in [0, 0.1) is 18.3 Å². The maximum Gasteiger partial charge on any atom is 0.0991 e. The maximum absolute atomic E-state index is 9.16. The Hall–Kier alpha value is -2.85. The largest absolute Gasteiger partial charge is 0.192 e. The highest BCUT2D eigenvalue weighted by molar-refractivity contribution is 5.97. The highest BCUT2D eigenvalue weighted by Crippen LogP contribution is 2.31. The molecule has 0 aliphatic heterocycles. The summed E-state index contributed by atoms with van der Waals surface area (Å²) in [6, 6.07) is 20.9. The summed E-state index contributed by atoms with van der Waals surface area (Å²) in [4.78, 5) is 0. The van der Waals surface area contributed by atoms with Crippen molar-refractivity contribution in [1.29, 1.82) is 5.26 Å². The number of aryl methyl sites for hydroxylation is 1. The number of fused-ring (bicyclic) bond motifs is 1. The molecule has 114 valence electrons. The Kier molecular flexibility index (Phi) is 4.00. The minimum Gasteiger partial charge on any atom is -0.192 e. The van der Waals surface area contributed by atoms with Gasteiger partial charge >= 0.3 is 0 Å². The normalized spacial score (nSPS) is 10.5. The first-order valence-corrected chi connectivity index (χ1v) is 7.75. The van der Waals surface area contributed by atoms with E-state index in [2.05, 4.69) is 62.9 Å². The van der Waals surface area contributed by atoms with Gasteiger partial charge in [-0.05, 0) is 65.4 Å². The van der Waals surface area contributed by atoms with E-state index in [1.807, 2.05) is 18.2 Å². The molecule has 0 aromatic heterocycles. The second-order valence-electron chi connectivity index (χ2n) is 6.13. The molecule has 0 bridgehead atoms. The molecule has 3 rings (SSSR count). The molecule has 0 amide bonds. The van der Waals surface area contributed by atoms with Gasteiger partial charge in [-0.2, -0.15) is 5.26 Å². The van der Waals surface area contributed by atoms with Crippen molar-refractivity contribution in [3.8, 4) is 17.2 Å². The molecule has 1 heteroatoms. The fourth-order valence-electron chi connectivity index (χ4n) is 2.98. The third-order valence-corrected chi connectivity index (χ3v) is 4.16. The van der Waals surface area contributed by atoms with Gasteiger partial charge in [-0.15, -0.1) is 0 Å². The smallest absolute Gasteiger partial charge is 0.0991 e. The van der Waals surface area contributed by atoms with E-state index in [-0.39, 0.29) is 1.43 Å². The van der Waals surface area contributed by atoms with Crippen molar-refractivity contribution in [2.75, 3.05) is 0 Å². The van der Waals surface area contributed by atoms with Gasteiger partial charge in [0.25, 0.3) is 0 Å². The molecule has 0 spiro atoms. The molecular formula is C22H21N. The first kappa shape index (κ1) is 15.1. The Morgan fingerprint density at radius 2 is 1.96 bits per heavy atom. The molecule has 0 fully saturated rings. The zero-order chi connectivity index (χ0) is 16.4. The van der Waals surface area contributed by atoms with Crippen molar-refractivity contribution in [1.82, 2.24) is 0 Å². The van der Waals surface area contributed by atoms with Gasteiger partial charge in [0.1, 0.15) is 0 Å². The zero-order valence-electron chi connectivity index (χ0n) is 13.6. The molecule has 0 heterocycles. The van der Waals surface area contributed by atoms with Gasteiger partial charge < -0.3 is 0 Å². The van der Waals surface area contributed by atoms with Crippen LogP contribution in [0.5, 0.6) is 0 Å². The quantitative estimate of drug-likeness (QED) is 0.540. The second kappa shape index (κ2) is 6.10. The number of rotatable bonds is 3. The van der Waals surface area contributed by atoms with Crippen molar-refractivity contribution in [2.45, 2.75) is 20.3 Å². The van der Waals surface area contributed by atoms with Crippen LogP contribution in [-0.4, -0.2) is 0 Å². The van der Waals surface area contributed by atoms with E-state index in [0.717, 1.165) is 17.2 Å². The predicted octanol–water partition coefficient (Wildman–Crippen LogP) is 6.05. The van der Waals surface area contributed by atoms with Crippen LogP contribution >= 0.6 is 0 Å². The SMILES string of the molecule is C=C(C)Cc1ccc(-c2cccc3ccc(C#N)cc23)cc1C.[HH]. The minimum atomic E-state index is 0. The Labute approximate surface area is 139 Å². The summed E-state index contributed by atoms with van der Waals surface area (Å²) in [7, 11) is 0. The van der Waals surface area contributed by atoms with Crippen LogP contribution in [0.3, 0.4) is 0 Å². The molecule has 0 unspecified atom stereocenters. The average Bonchev–Trinajstić information content (AvgIpc) is 2.55. The van der Waals surface area contributed by atoms with Gasteiger partial charge in [-0.3, -0.25) is 0 Å². The maximum atomic E-state index is 9.16. The first-order valence-electron chi connectivity index (χ1n) is 7.75. The monoisotopic (exact) mass is 299 g/mol. The second-order valence-corrected chi connectivity index (χ2v) is 6.13. The predicted molar refractivity (Wildman–Crippen MR) is 99.5 cm³/mol. The topological polar surface area (TPSA) is 23.8 Å². The number of benzene rings is 3.